The van der Waals surface area contributed by atoms with Crippen LogP contribution in [0, 0.1) is 10.5 Å². The molecule has 0 saturated heterocycles. The Morgan fingerprint density at radius 2 is 1.54 bits per heavy atom. The van der Waals surface area contributed by atoms with Crippen molar-refractivity contribution in [3.8, 4) is 11.3 Å². The molecule has 68 heavy (non-hydrogen) atoms. The van der Waals surface area contributed by atoms with Gasteiger partial charge in [-0.1, -0.05) is 81.8 Å². The Balaban J connectivity index is 0.875. The normalized spacial score (nSPS) is 15.8. The van der Waals surface area contributed by atoms with Crippen molar-refractivity contribution < 1.29 is 14.7 Å². The minimum absolute atomic E-state index is 0.0121. The molecule has 10 nitrogen and oxygen atoms in total. The Morgan fingerprint density at radius 3 is 2.29 bits per heavy atom. The van der Waals surface area contributed by atoms with Gasteiger partial charge < -0.3 is 24.9 Å². The SMILES string of the molecule is C=CC1=C(C)c2cc3[nH]c(c4c5[nH]c(cc6nc(cc1n2)C(C)=C6CC)c(C)c5C(O)=C4)[C@@H](CCC(=O)N(C)CCCCCCN(C)C(=O)c1cc2ccccc2c(-c2ccccc2I)n1)[C@@H]3C. The van der Waals surface area contributed by atoms with Crippen molar-refractivity contribution in [3.63, 3.8) is 0 Å². The number of pyridine rings is 1. The summed E-state index contributed by atoms with van der Waals surface area (Å²) >= 11 is 2.33. The lowest BCUT2D eigenvalue weighted by molar-refractivity contribution is -0.130. The zero-order valence-corrected chi connectivity index (χ0v) is 42.3. The van der Waals surface area contributed by atoms with Crippen LogP contribution in [0.4, 0.5) is 0 Å². The number of halogens is 1. The molecule has 0 spiro atoms. The number of aromatic amines is 2. The molecule has 0 unspecified atom stereocenters. The Kier molecular flexibility index (Phi) is 13.3. The third kappa shape index (κ3) is 8.69. The molecule has 1 aliphatic carbocycles. The van der Waals surface area contributed by atoms with Crippen molar-refractivity contribution in [1.29, 1.82) is 0 Å². The predicted molar refractivity (Wildman–Crippen MR) is 286 cm³/mol. The molecule has 8 bridgehead atoms. The van der Waals surface area contributed by atoms with Gasteiger partial charge in [-0.25, -0.2) is 15.0 Å². The predicted octanol–water partition coefficient (Wildman–Crippen LogP) is 13.5. The van der Waals surface area contributed by atoms with Crippen LogP contribution in [0.25, 0.3) is 67.2 Å². The Labute approximate surface area is 412 Å². The maximum Gasteiger partial charge on any atom is 0.272 e. The molecular formula is C57H60IN7O3. The van der Waals surface area contributed by atoms with Gasteiger partial charge in [0.1, 0.15) is 11.5 Å². The molecule has 2 atom stereocenters. The Morgan fingerprint density at radius 1 is 0.838 bits per heavy atom. The molecule has 2 amide bonds. The molecule has 9 rings (SSSR count). The molecule has 348 valence electrons. The first-order valence-electron chi connectivity index (χ1n) is 23.9. The molecule has 3 aromatic heterocycles. The van der Waals surface area contributed by atoms with Crippen LogP contribution < -0.4 is 0 Å². The monoisotopic (exact) mass is 1020 g/mol. The van der Waals surface area contributed by atoms with E-state index in [1.54, 1.807) is 4.90 Å². The lowest BCUT2D eigenvalue weighted by Crippen LogP contribution is -2.29. The van der Waals surface area contributed by atoms with Gasteiger partial charge in [-0.2, -0.15) is 0 Å². The van der Waals surface area contributed by atoms with Gasteiger partial charge in [-0.05, 0) is 133 Å². The molecule has 6 heterocycles. The van der Waals surface area contributed by atoms with Crippen LogP contribution in [-0.4, -0.2) is 78.8 Å². The summed E-state index contributed by atoms with van der Waals surface area (Å²) < 4.78 is 1.09. The summed E-state index contributed by atoms with van der Waals surface area (Å²) in [7, 11) is 3.75. The number of fused-ring (bicyclic) bond motifs is 9. The number of aliphatic hydroxyl groups is 1. The first-order chi connectivity index (χ1) is 32.8. The quantitative estimate of drug-likeness (QED) is 0.0750. The average Bonchev–Trinajstić information content (AvgIpc) is 4.10. The highest BCUT2D eigenvalue weighted by molar-refractivity contribution is 14.1. The average molecular weight is 1020 g/mol. The summed E-state index contributed by atoms with van der Waals surface area (Å²) in [5.41, 5.74) is 16.7. The number of carbonyl (C=O) groups excluding carboxylic acids is 2. The number of aliphatic hydroxyl groups excluding tert-OH is 1. The molecular weight excluding hydrogens is 958 g/mol. The van der Waals surface area contributed by atoms with Crippen molar-refractivity contribution in [3.05, 3.63) is 146 Å². The largest absolute Gasteiger partial charge is 0.507 e. The van der Waals surface area contributed by atoms with E-state index in [0.29, 0.717) is 31.6 Å². The zero-order valence-electron chi connectivity index (χ0n) is 40.2. The number of aryl methyl sites for hydroxylation is 1. The molecule has 0 fully saturated rings. The molecule has 4 aliphatic rings. The number of amides is 2. The van der Waals surface area contributed by atoms with Crippen LogP contribution in [-0.2, 0) is 4.79 Å². The van der Waals surface area contributed by atoms with Crippen LogP contribution >= 0.6 is 22.6 Å². The molecule has 2 aromatic carbocycles. The van der Waals surface area contributed by atoms with Crippen LogP contribution in [0.3, 0.4) is 0 Å². The smallest absolute Gasteiger partial charge is 0.272 e. The fraction of sp³-hybridized carbons (Fsp3) is 0.316. The summed E-state index contributed by atoms with van der Waals surface area (Å²) in [4.78, 5) is 53.8. The number of rotatable bonds is 14. The second-order valence-corrected chi connectivity index (χ2v) is 19.9. The molecule has 0 saturated carbocycles. The van der Waals surface area contributed by atoms with E-state index in [2.05, 4.69) is 103 Å². The van der Waals surface area contributed by atoms with Gasteiger partial charge in [0.2, 0.25) is 5.91 Å². The number of unbranched alkanes of at least 4 members (excludes halogenated alkanes) is 3. The summed E-state index contributed by atoms with van der Waals surface area (Å²) in [5.74, 6) is 0.295. The van der Waals surface area contributed by atoms with Crippen molar-refractivity contribution >= 4 is 90.3 Å². The maximum atomic E-state index is 13.8. The first kappa shape index (κ1) is 46.8. The lowest BCUT2D eigenvalue weighted by Gasteiger charge is -2.21. The minimum Gasteiger partial charge on any atom is -0.507 e. The Hall–Kier alpha value is -6.34. The summed E-state index contributed by atoms with van der Waals surface area (Å²) in [6.07, 6.45) is 9.25. The van der Waals surface area contributed by atoms with Crippen LogP contribution in [0.2, 0.25) is 0 Å². The number of nitrogens with one attached hydrogen (secondary N) is 2. The number of allylic oxidation sites excluding steroid dienone is 5. The van der Waals surface area contributed by atoms with E-state index in [-0.39, 0.29) is 29.4 Å². The fourth-order valence-electron chi connectivity index (χ4n) is 10.4. The number of hydrogen-bond acceptors (Lipinski definition) is 6. The third-order valence-corrected chi connectivity index (χ3v) is 15.4. The topological polar surface area (TPSA) is 131 Å². The van der Waals surface area contributed by atoms with Crippen molar-refractivity contribution in [2.45, 2.75) is 91.4 Å². The molecule has 11 heteroatoms. The second kappa shape index (κ2) is 19.3. The highest BCUT2D eigenvalue weighted by Crippen LogP contribution is 2.46. The van der Waals surface area contributed by atoms with E-state index in [4.69, 9.17) is 15.0 Å². The molecule has 0 radical (unpaired) electrons. The van der Waals surface area contributed by atoms with Crippen molar-refractivity contribution in [1.82, 2.24) is 34.7 Å². The highest BCUT2D eigenvalue weighted by Gasteiger charge is 2.34. The number of hydrogen-bond donors (Lipinski definition) is 3. The minimum atomic E-state index is -0.0868. The van der Waals surface area contributed by atoms with E-state index in [0.717, 1.165) is 136 Å². The van der Waals surface area contributed by atoms with Crippen LogP contribution in [0.15, 0.2) is 85.5 Å². The summed E-state index contributed by atoms with van der Waals surface area (Å²) in [5, 5.41) is 13.5. The van der Waals surface area contributed by atoms with E-state index in [1.165, 1.54) is 5.57 Å². The molecule has 3 N–H and O–H groups in total. The number of H-pyrrole nitrogens is 2. The zero-order chi connectivity index (χ0) is 48.0. The number of aromatic nitrogens is 5. The van der Waals surface area contributed by atoms with Gasteiger partial charge in [0.15, 0.2) is 0 Å². The number of carbonyl (C=O) groups is 2. The van der Waals surface area contributed by atoms with Gasteiger partial charge in [0, 0.05) is 93.6 Å². The standard InChI is InChI=1S/C57H60IN7O3/c1-9-37-32(3)44-29-46-34(5)39(54(61-46)42-28-51(66)53-35(6)47(62-56(42)53)31-49-38(10-2)33(4)45(60-49)30-48(37)59-44)23-24-52(67)64(7)25-17-11-12-18-26-65(8)57(68)50-27-36-19-13-14-20-40(36)55(63-50)41-21-15-16-22-43(41)58/h9,13-16,19-22,27-31,34,39,61-62,66H,1,10-12,17-18,23-26H2,2-8H3/t34-,39-/m0/s1. The summed E-state index contributed by atoms with van der Waals surface area (Å²) in [6, 6.07) is 24.5. The van der Waals surface area contributed by atoms with Crippen molar-refractivity contribution in [2.24, 2.45) is 0 Å². The van der Waals surface area contributed by atoms with E-state index in [1.807, 2.05) is 74.5 Å². The van der Waals surface area contributed by atoms with Crippen LogP contribution in [0.5, 0.6) is 0 Å². The van der Waals surface area contributed by atoms with Gasteiger partial charge in [-0.3, -0.25) is 9.59 Å². The third-order valence-electron chi connectivity index (χ3n) is 14.5. The van der Waals surface area contributed by atoms with E-state index in [9.17, 15) is 14.7 Å². The lowest BCUT2D eigenvalue weighted by atomic mass is 9.85. The van der Waals surface area contributed by atoms with Crippen LogP contribution in [0.1, 0.15) is 146 Å². The molecule has 3 aliphatic heterocycles. The molecule has 5 aromatic rings. The van der Waals surface area contributed by atoms with E-state index < -0.39 is 0 Å². The highest BCUT2D eigenvalue weighted by atomic mass is 127. The second-order valence-electron chi connectivity index (χ2n) is 18.7. The first-order valence-corrected chi connectivity index (χ1v) is 25.0. The number of nitrogens with zero attached hydrogens (tertiary/aromatic N) is 5. The van der Waals surface area contributed by atoms with E-state index >= 15 is 0 Å². The summed E-state index contributed by atoms with van der Waals surface area (Å²) in [6.45, 7) is 16.1. The fourth-order valence-corrected chi connectivity index (χ4v) is 11.0. The van der Waals surface area contributed by atoms with Gasteiger partial charge >= 0.3 is 0 Å². The van der Waals surface area contributed by atoms with Crippen molar-refractivity contribution in [2.75, 3.05) is 27.2 Å². The number of benzene rings is 2. The van der Waals surface area contributed by atoms with Gasteiger partial charge in [-0.15, -0.1) is 0 Å². The maximum absolute atomic E-state index is 13.8. The Bertz CT molecular complexity index is 3210. The van der Waals surface area contributed by atoms with Gasteiger partial charge in [0.05, 0.1) is 34.0 Å². The van der Waals surface area contributed by atoms with Gasteiger partial charge in [0.25, 0.3) is 5.91 Å².